The van der Waals surface area contributed by atoms with Gasteiger partial charge >= 0.3 is 0 Å². The summed E-state index contributed by atoms with van der Waals surface area (Å²) in [5.74, 6) is 0.155. The molecule has 0 atom stereocenters. The fourth-order valence-corrected chi connectivity index (χ4v) is 1.15. The molecule has 1 rings (SSSR count). The molecular weight excluding hydrogens is 220 g/mol. The molecule has 0 unspecified atom stereocenters. The number of hydrogen-bond acceptors (Lipinski definition) is 2. The highest BCUT2D eigenvalue weighted by molar-refractivity contribution is 9.10. The van der Waals surface area contributed by atoms with Crippen LogP contribution in [0.15, 0.2) is 28.7 Å². The molecule has 12 heavy (non-hydrogen) atoms. The average Bonchev–Trinajstić information content (AvgIpc) is 2.03. The molecule has 1 aromatic rings. The Kier molecular flexibility index (Phi) is 3.05. The zero-order valence-corrected chi connectivity index (χ0v) is 7.78. The Morgan fingerprint density at radius 3 is 2.75 bits per heavy atom. The van der Waals surface area contributed by atoms with Crippen molar-refractivity contribution in [2.24, 2.45) is 0 Å². The zero-order chi connectivity index (χ0) is 8.97. The molecule has 0 aromatic heterocycles. The van der Waals surface area contributed by atoms with Gasteiger partial charge in [0.2, 0.25) is 0 Å². The van der Waals surface area contributed by atoms with Crippen LogP contribution >= 0.6 is 15.9 Å². The molecule has 2 nitrogen and oxygen atoms in total. The summed E-state index contributed by atoms with van der Waals surface area (Å²) in [6.45, 7) is 0. The number of aldehydes is 1. The van der Waals surface area contributed by atoms with Gasteiger partial charge < -0.3 is 5.11 Å². The first kappa shape index (κ1) is 9.00. The Labute approximate surface area is 78.7 Å². The van der Waals surface area contributed by atoms with Crippen molar-refractivity contribution in [2.45, 2.75) is 0 Å². The van der Waals surface area contributed by atoms with Gasteiger partial charge in [-0.1, -0.05) is 22.0 Å². The number of aromatic hydroxyl groups is 1. The van der Waals surface area contributed by atoms with Crippen LogP contribution in [0.4, 0.5) is 0 Å². The number of rotatable bonds is 2. The van der Waals surface area contributed by atoms with Gasteiger partial charge in [-0.05, 0) is 24.3 Å². The van der Waals surface area contributed by atoms with Crippen molar-refractivity contribution in [3.05, 3.63) is 34.3 Å². The van der Waals surface area contributed by atoms with Gasteiger partial charge in [0.05, 0.1) is 0 Å². The lowest BCUT2D eigenvalue weighted by atomic mass is 10.2. The number of carbonyl (C=O) groups is 1. The second-order valence-corrected chi connectivity index (χ2v) is 3.11. The van der Waals surface area contributed by atoms with Crippen LogP contribution in [0.3, 0.4) is 0 Å². The summed E-state index contributed by atoms with van der Waals surface area (Å²) in [6.07, 6.45) is 3.55. The quantitative estimate of drug-likeness (QED) is 0.622. The fourth-order valence-electron chi connectivity index (χ4n) is 0.801. The summed E-state index contributed by atoms with van der Waals surface area (Å²) in [4.78, 5) is 9.98. The van der Waals surface area contributed by atoms with Gasteiger partial charge in [-0.15, -0.1) is 0 Å². The van der Waals surface area contributed by atoms with E-state index >= 15 is 0 Å². The van der Waals surface area contributed by atoms with Crippen LogP contribution in [0.5, 0.6) is 5.75 Å². The summed E-state index contributed by atoms with van der Waals surface area (Å²) in [5.41, 5.74) is 0.630. The predicted molar refractivity (Wildman–Crippen MR) is 50.9 cm³/mol. The highest BCUT2D eigenvalue weighted by atomic mass is 79.9. The third-order valence-electron chi connectivity index (χ3n) is 1.35. The van der Waals surface area contributed by atoms with Gasteiger partial charge in [0, 0.05) is 10.0 Å². The number of allylic oxidation sites excluding steroid dienone is 1. The van der Waals surface area contributed by atoms with Crippen molar-refractivity contribution in [3.8, 4) is 5.75 Å². The minimum absolute atomic E-state index is 0.155. The molecule has 0 heterocycles. The van der Waals surface area contributed by atoms with E-state index in [0.29, 0.717) is 11.8 Å². The molecule has 0 radical (unpaired) electrons. The smallest absolute Gasteiger partial charge is 0.142 e. The van der Waals surface area contributed by atoms with E-state index in [1.165, 1.54) is 6.08 Å². The summed E-state index contributed by atoms with van der Waals surface area (Å²) < 4.78 is 0.809. The SMILES string of the molecule is O=CC=Cc1ccc(Br)cc1O. The molecule has 0 amide bonds. The maximum atomic E-state index is 9.98. The first-order valence-corrected chi connectivity index (χ1v) is 4.13. The standard InChI is InChI=1S/C9H7BrO2/c10-8-4-3-7(2-1-5-11)9(12)6-8/h1-6,12H. The van der Waals surface area contributed by atoms with E-state index in [-0.39, 0.29) is 5.75 Å². The minimum atomic E-state index is 0.155. The van der Waals surface area contributed by atoms with Crippen molar-refractivity contribution in [1.29, 1.82) is 0 Å². The molecule has 1 N–H and O–H groups in total. The lowest BCUT2D eigenvalue weighted by Gasteiger charge is -1.97. The molecule has 0 fully saturated rings. The van der Waals surface area contributed by atoms with Crippen LogP contribution in [0.2, 0.25) is 0 Å². The Balaban J connectivity index is 3.01. The number of phenols is 1. The summed E-state index contributed by atoms with van der Waals surface area (Å²) in [5, 5.41) is 9.32. The van der Waals surface area contributed by atoms with Crippen LogP contribution in [0.25, 0.3) is 6.08 Å². The van der Waals surface area contributed by atoms with Crippen LogP contribution in [-0.4, -0.2) is 11.4 Å². The zero-order valence-electron chi connectivity index (χ0n) is 6.20. The molecule has 0 aliphatic carbocycles. The van der Waals surface area contributed by atoms with Crippen LogP contribution in [-0.2, 0) is 4.79 Å². The van der Waals surface area contributed by atoms with E-state index in [1.807, 2.05) is 0 Å². The number of hydrogen-bond donors (Lipinski definition) is 1. The number of halogens is 1. The van der Waals surface area contributed by atoms with Crippen LogP contribution in [0, 0.1) is 0 Å². The molecule has 3 heteroatoms. The minimum Gasteiger partial charge on any atom is -0.507 e. The van der Waals surface area contributed by atoms with E-state index in [0.717, 1.165) is 4.47 Å². The normalized spacial score (nSPS) is 10.4. The van der Waals surface area contributed by atoms with Crippen molar-refractivity contribution in [1.82, 2.24) is 0 Å². The van der Waals surface area contributed by atoms with Crippen LogP contribution < -0.4 is 0 Å². The molecule has 0 bridgehead atoms. The van der Waals surface area contributed by atoms with E-state index in [1.54, 1.807) is 24.3 Å². The number of benzene rings is 1. The predicted octanol–water partition coefficient (Wildman–Crippen LogP) is 2.37. The molecule has 1 aromatic carbocycles. The van der Waals surface area contributed by atoms with Crippen LogP contribution in [0.1, 0.15) is 5.56 Å². The molecular formula is C9H7BrO2. The van der Waals surface area contributed by atoms with Gasteiger partial charge in [-0.25, -0.2) is 0 Å². The van der Waals surface area contributed by atoms with Gasteiger partial charge in [0.1, 0.15) is 12.0 Å². The number of phenolic OH excluding ortho intramolecular Hbond substituents is 1. The second-order valence-electron chi connectivity index (χ2n) is 2.20. The maximum absolute atomic E-state index is 9.98. The lowest BCUT2D eigenvalue weighted by Crippen LogP contribution is -1.74. The monoisotopic (exact) mass is 226 g/mol. The van der Waals surface area contributed by atoms with E-state index < -0.39 is 0 Å². The first-order valence-electron chi connectivity index (χ1n) is 3.34. The maximum Gasteiger partial charge on any atom is 0.142 e. The molecule has 0 spiro atoms. The van der Waals surface area contributed by atoms with Gasteiger partial charge in [-0.3, -0.25) is 4.79 Å². The first-order chi connectivity index (χ1) is 5.74. The Morgan fingerprint density at radius 2 is 2.17 bits per heavy atom. The summed E-state index contributed by atoms with van der Waals surface area (Å²) >= 11 is 3.21. The Morgan fingerprint density at radius 1 is 1.42 bits per heavy atom. The fraction of sp³-hybridized carbons (Fsp3) is 0. The summed E-state index contributed by atoms with van der Waals surface area (Å²) in [6, 6.07) is 5.09. The second kappa shape index (κ2) is 4.07. The van der Waals surface area contributed by atoms with Crippen molar-refractivity contribution in [3.63, 3.8) is 0 Å². The third-order valence-corrected chi connectivity index (χ3v) is 1.84. The number of carbonyl (C=O) groups excluding carboxylic acids is 1. The highest BCUT2D eigenvalue weighted by Gasteiger charge is 1.96. The Bertz CT molecular complexity index is 318. The molecule has 0 aliphatic heterocycles. The molecule has 0 saturated carbocycles. The lowest BCUT2D eigenvalue weighted by molar-refractivity contribution is -0.104. The van der Waals surface area contributed by atoms with Crippen molar-refractivity contribution < 1.29 is 9.90 Å². The Hall–Kier alpha value is -1.09. The van der Waals surface area contributed by atoms with E-state index in [9.17, 15) is 9.90 Å². The average molecular weight is 227 g/mol. The van der Waals surface area contributed by atoms with E-state index in [4.69, 9.17) is 0 Å². The van der Waals surface area contributed by atoms with E-state index in [2.05, 4.69) is 15.9 Å². The topological polar surface area (TPSA) is 37.3 Å². The van der Waals surface area contributed by atoms with Gasteiger partial charge in [-0.2, -0.15) is 0 Å². The molecule has 0 saturated heterocycles. The van der Waals surface area contributed by atoms with Gasteiger partial charge in [0.25, 0.3) is 0 Å². The van der Waals surface area contributed by atoms with Crippen molar-refractivity contribution >= 4 is 28.3 Å². The largest absolute Gasteiger partial charge is 0.507 e. The van der Waals surface area contributed by atoms with Crippen molar-refractivity contribution in [2.75, 3.05) is 0 Å². The molecule has 0 aliphatic rings. The summed E-state index contributed by atoms with van der Waals surface area (Å²) in [7, 11) is 0. The van der Waals surface area contributed by atoms with Gasteiger partial charge in [0.15, 0.2) is 0 Å². The molecule has 62 valence electrons. The third kappa shape index (κ3) is 2.20. The highest BCUT2D eigenvalue weighted by Crippen LogP contribution is 2.22.